The van der Waals surface area contributed by atoms with Gasteiger partial charge in [0.25, 0.3) is 0 Å². The van der Waals surface area contributed by atoms with Crippen molar-refractivity contribution in [3.05, 3.63) is 23.8 Å². The largest absolute Gasteiger partial charge is 0.478 e. The van der Waals surface area contributed by atoms with Gasteiger partial charge in [-0.2, -0.15) is 0 Å². The number of nitrogens with one attached hydrogen (secondary N) is 1. The zero-order valence-electron chi connectivity index (χ0n) is 9.78. The molecule has 0 aromatic heterocycles. The quantitative estimate of drug-likeness (QED) is 0.522. The molecule has 1 aromatic rings. The second-order valence-electron chi connectivity index (χ2n) is 4.62. The molecule has 1 fully saturated rings. The molecule has 1 aliphatic carbocycles. The Morgan fingerprint density at radius 3 is 2.88 bits per heavy atom. The fourth-order valence-corrected chi connectivity index (χ4v) is 1.91. The van der Waals surface area contributed by atoms with Crippen LogP contribution in [0.15, 0.2) is 18.2 Å². The minimum atomic E-state index is -0.943. The van der Waals surface area contributed by atoms with E-state index in [0.717, 1.165) is 18.9 Å². The van der Waals surface area contributed by atoms with Gasteiger partial charge in [0.15, 0.2) is 0 Å². The second kappa shape index (κ2) is 5.08. The van der Waals surface area contributed by atoms with Gasteiger partial charge in [0, 0.05) is 17.9 Å². The minimum Gasteiger partial charge on any atom is -0.478 e. The Morgan fingerprint density at radius 1 is 1.47 bits per heavy atom. The molecule has 1 saturated carbocycles. The van der Waals surface area contributed by atoms with Crippen LogP contribution in [-0.2, 0) is 0 Å². The third-order valence-electron chi connectivity index (χ3n) is 3.08. The van der Waals surface area contributed by atoms with E-state index in [-0.39, 0.29) is 5.56 Å². The fraction of sp³-hybridized carbons (Fsp3) is 0.462. The molecule has 1 aromatic carbocycles. The summed E-state index contributed by atoms with van der Waals surface area (Å²) in [5, 5.41) is 12.2. The first-order chi connectivity index (χ1) is 8.16. The molecule has 2 rings (SSSR count). The number of carboxylic acid groups (broad SMARTS) is 1. The number of carbonyl (C=O) groups is 1. The fourth-order valence-electron chi connectivity index (χ4n) is 1.91. The third-order valence-corrected chi connectivity index (χ3v) is 3.08. The molecule has 0 spiro atoms. The lowest BCUT2D eigenvalue weighted by atomic mass is 10.1. The highest BCUT2D eigenvalue weighted by Gasteiger charge is 2.20. The molecule has 17 heavy (non-hydrogen) atoms. The maximum Gasteiger partial charge on any atom is 0.337 e. The van der Waals surface area contributed by atoms with Crippen molar-refractivity contribution in [2.75, 3.05) is 17.6 Å². The number of hydrogen-bond acceptors (Lipinski definition) is 3. The Morgan fingerprint density at radius 2 is 2.24 bits per heavy atom. The number of nitrogen functional groups attached to an aromatic ring is 1. The summed E-state index contributed by atoms with van der Waals surface area (Å²) < 4.78 is 0. The van der Waals surface area contributed by atoms with Crippen molar-refractivity contribution in [2.24, 2.45) is 5.92 Å². The predicted molar refractivity (Wildman–Crippen MR) is 68.3 cm³/mol. The second-order valence-corrected chi connectivity index (χ2v) is 4.62. The molecule has 1 aliphatic rings. The summed E-state index contributed by atoms with van der Waals surface area (Å²) in [7, 11) is 0. The van der Waals surface area contributed by atoms with E-state index < -0.39 is 5.97 Å². The summed E-state index contributed by atoms with van der Waals surface area (Å²) in [4.78, 5) is 11.0. The first-order valence-corrected chi connectivity index (χ1v) is 6.03. The lowest BCUT2D eigenvalue weighted by Gasteiger charge is -2.10. The molecule has 0 aliphatic heterocycles. The van der Waals surface area contributed by atoms with E-state index in [1.165, 1.54) is 25.3 Å². The first-order valence-electron chi connectivity index (χ1n) is 6.03. The van der Waals surface area contributed by atoms with Crippen LogP contribution < -0.4 is 11.1 Å². The predicted octanol–water partition coefficient (Wildman–Crippen LogP) is 2.57. The normalized spacial score (nSPS) is 14.6. The third kappa shape index (κ3) is 3.37. The van der Waals surface area contributed by atoms with Crippen molar-refractivity contribution >= 4 is 17.3 Å². The lowest BCUT2D eigenvalue weighted by molar-refractivity contribution is 0.0698. The van der Waals surface area contributed by atoms with Crippen LogP contribution in [0.3, 0.4) is 0 Å². The number of nitrogens with two attached hydrogens (primary N) is 1. The van der Waals surface area contributed by atoms with Crippen molar-refractivity contribution in [1.29, 1.82) is 0 Å². The Bertz CT molecular complexity index is 414. The number of carboxylic acids is 1. The molecule has 0 unspecified atom stereocenters. The highest BCUT2D eigenvalue weighted by molar-refractivity contribution is 5.95. The molecule has 4 N–H and O–H groups in total. The Labute approximate surface area is 101 Å². The summed E-state index contributed by atoms with van der Waals surface area (Å²) in [5.74, 6) is -0.0239. The first kappa shape index (κ1) is 11.8. The van der Waals surface area contributed by atoms with E-state index in [1.54, 1.807) is 12.1 Å². The van der Waals surface area contributed by atoms with E-state index in [4.69, 9.17) is 10.8 Å². The monoisotopic (exact) mass is 234 g/mol. The molecular weight excluding hydrogens is 216 g/mol. The van der Waals surface area contributed by atoms with Crippen molar-refractivity contribution < 1.29 is 9.90 Å². The van der Waals surface area contributed by atoms with Crippen LogP contribution in [0.1, 0.15) is 36.0 Å². The zero-order chi connectivity index (χ0) is 12.3. The van der Waals surface area contributed by atoms with Crippen molar-refractivity contribution in [3.8, 4) is 0 Å². The van der Waals surface area contributed by atoms with Crippen LogP contribution in [0.5, 0.6) is 0 Å². The Kier molecular flexibility index (Phi) is 3.52. The Balaban J connectivity index is 1.91. The number of anilines is 2. The number of hydrogen-bond donors (Lipinski definition) is 3. The van der Waals surface area contributed by atoms with E-state index in [1.807, 2.05) is 0 Å². The van der Waals surface area contributed by atoms with Crippen molar-refractivity contribution in [1.82, 2.24) is 0 Å². The molecule has 0 radical (unpaired) electrons. The zero-order valence-corrected chi connectivity index (χ0v) is 9.78. The summed E-state index contributed by atoms with van der Waals surface area (Å²) in [6.45, 7) is 0.820. The topological polar surface area (TPSA) is 75.3 Å². The number of benzene rings is 1. The van der Waals surface area contributed by atoms with Gasteiger partial charge >= 0.3 is 5.97 Å². The van der Waals surface area contributed by atoms with Crippen LogP contribution in [0.2, 0.25) is 0 Å². The molecule has 0 amide bonds. The molecule has 0 heterocycles. The van der Waals surface area contributed by atoms with Gasteiger partial charge < -0.3 is 16.2 Å². The van der Waals surface area contributed by atoms with Gasteiger partial charge in [0.2, 0.25) is 0 Å². The van der Waals surface area contributed by atoms with Crippen LogP contribution in [0.25, 0.3) is 0 Å². The average molecular weight is 234 g/mol. The highest BCUT2D eigenvalue weighted by Crippen LogP contribution is 2.33. The van der Waals surface area contributed by atoms with Crippen LogP contribution in [0.4, 0.5) is 11.4 Å². The maximum atomic E-state index is 11.0. The average Bonchev–Trinajstić information content (AvgIpc) is 3.09. The van der Waals surface area contributed by atoms with Crippen LogP contribution in [0, 0.1) is 5.92 Å². The standard InChI is InChI=1S/C13H18N2O2/c14-10-5-6-12(11(8-10)13(16)17)15-7-1-2-9-3-4-9/h5-6,8-9,15H,1-4,7,14H2,(H,16,17). The number of aromatic carboxylic acids is 1. The van der Waals surface area contributed by atoms with Crippen LogP contribution in [-0.4, -0.2) is 17.6 Å². The summed E-state index contributed by atoms with van der Waals surface area (Å²) in [5.41, 5.74) is 6.96. The lowest BCUT2D eigenvalue weighted by Crippen LogP contribution is -2.08. The molecular formula is C13H18N2O2. The smallest absolute Gasteiger partial charge is 0.337 e. The van der Waals surface area contributed by atoms with Gasteiger partial charge in [-0.3, -0.25) is 0 Å². The van der Waals surface area contributed by atoms with E-state index in [0.29, 0.717) is 11.4 Å². The van der Waals surface area contributed by atoms with Gasteiger partial charge in [0.1, 0.15) is 0 Å². The molecule has 0 bridgehead atoms. The van der Waals surface area contributed by atoms with Gasteiger partial charge in [-0.1, -0.05) is 12.8 Å². The molecule has 0 saturated heterocycles. The Hall–Kier alpha value is -1.71. The van der Waals surface area contributed by atoms with Crippen molar-refractivity contribution in [3.63, 3.8) is 0 Å². The van der Waals surface area contributed by atoms with E-state index >= 15 is 0 Å². The summed E-state index contributed by atoms with van der Waals surface area (Å²) in [6, 6.07) is 4.94. The molecule has 4 heteroatoms. The number of rotatable bonds is 6. The highest BCUT2D eigenvalue weighted by atomic mass is 16.4. The van der Waals surface area contributed by atoms with Gasteiger partial charge in [0.05, 0.1) is 5.56 Å². The van der Waals surface area contributed by atoms with Gasteiger partial charge in [-0.25, -0.2) is 4.79 Å². The van der Waals surface area contributed by atoms with Crippen LogP contribution >= 0.6 is 0 Å². The minimum absolute atomic E-state index is 0.247. The van der Waals surface area contributed by atoms with Crippen molar-refractivity contribution in [2.45, 2.75) is 25.7 Å². The van der Waals surface area contributed by atoms with Gasteiger partial charge in [-0.05, 0) is 37.0 Å². The van der Waals surface area contributed by atoms with E-state index in [2.05, 4.69) is 5.32 Å². The molecule has 92 valence electrons. The van der Waals surface area contributed by atoms with E-state index in [9.17, 15) is 4.79 Å². The molecule has 0 atom stereocenters. The molecule has 4 nitrogen and oxygen atoms in total. The van der Waals surface area contributed by atoms with Gasteiger partial charge in [-0.15, -0.1) is 0 Å². The summed E-state index contributed by atoms with van der Waals surface area (Å²) in [6.07, 6.45) is 5.06. The SMILES string of the molecule is Nc1ccc(NCCCC2CC2)c(C(=O)O)c1. The summed E-state index contributed by atoms with van der Waals surface area (Å²) >= 11 is 0. The maximum absolute atomic E-state index is 11.0.